The third-order valence-corrected chi connectivity index (χ3v) is 3.81. The van der Waals surface area contributed by atoms with E-state index in [-0.39, 0.29) is 28.8 Å². The van der Waals surface area contributed by atoms with E-state index >= 15 is 0 Å². The predicted octanol–water partition coefficient (Wildman–Crippen LogP) is -0.338. The molecule has 0 unspecified atom stereocenters. The molecular formula is C13H12N2O7. The minimum Gasteiger partial charge on any atom is -0.394 e. The van der Waals surface area contributed by atoms with Gasteiger partial charge in [-0.05, 0) is 0 Å². The van der Waals surface area contributed by atoms with E-state index in [1.807, 2.05) is 0 Å². The van der Waals surface area contributed by atoms with E-state index < -0.39 is 41.7 Å². The summed E-state index contributed by atoms with van der Waals surface area (Å²) in [5.74, 6) is -1.36. The summed E-state index contributed by atoms with van der Waals surface area (Å²) < 4.78 is 5.44. The van der Waals surface area contributed by atoms with Crippen LogP contribution >= 0.6 is 0 Å². The lowest BCUT2D eigenvalue weighted by Crippen LogP contribution is -2.24. The maximum atomic E-state index is 11.9. The van der Waals surface area contributed by atoms with Crippen LogP contribution in [0.2, 0.25) is 0 Å². The molecule has 0 aliphatic carbocycles. The summed E-state index contributed by atoms with van der Waals surface area (Å²) >= 11 is 0. The molecule has 2 aliphatic rings. The van der Waals surface area contributed by atoms with Gasteiger partial charge in [-0.2, -0.15) is 0 Å². The summed E-state index contributed by atoms with van der Waals surface area (Å²) in [6.45, 7) is -0.417. The Morgan fingerprint density at radius 3 is 2.68 bits per heavy atom. The fourth-order valence-electron chi connectivity index (χ4n) is 2.77. The van der Waals surface area contributed by atoms with Crippen LogP contribution < -0.4 is 5.32 Å². The Morgan fingerprint density at radius 2 is 2.09 bits per heavy atom. The first-order valence-corrected chi connectivity index (χ1v) is 6.54. The quantitative estimate of drug-likeness (QED) is 0.394. The van der Waals surface area contributed by atoms with E-state index in [2.05, 4.69) is 5.32 Å². The molecule has 0 bridgehead atoms. The van der Waals surface area contributed by atoms with Crippen molar-refractivity contribution in [3.8, 4) is 0 Å². The molecule has 3 rings (SSSR count). The Balaban J connectivity index is 2.11. The first-order chi connectivity index (χ1) is 10.4. The number of aliphatic hydroxyl groups is 2. The van der Waals surface area contributed by atoms with Crippen LogP contribution in [0.4, 0.5) is 5.69 Å². The van der Waals surface area contributed by atoms with E-state index in [9.17, 15) is 24.8 Å². The average molecular weight is 308 g/mol. The van der Waals surface area contributed by atoms with Crippen LogP contribution in [0.1, 0.15) is 38.8 Å². The van der Waals surface area contributed by atoms with Crippen molar-refractivity contribution in [2.75, 3.05) is 6.61 Å². The molecule has 1 aromatic carbocycles. The number of aliphatic hydroxyl groups excluding tert-OH is 2. The summed E-state index contributed by atoms with van der Waals surface area (Å²) in [6, 6.07) is 2.20. The summed E-state index contributed by atoms with van der Waals surface area (Å²) in [5, 5.41) is 32.0. The van der Waals surface area contributed by atoms with Crippen molar-refractivity contribution in [3.63, 3.8) is 0 Å². The number of hydrogen-bond donors (Lipinski definition) is 3. The van der Waals surface area contributed by atoms with Gasteiger partial charge in [0.1, 0.15) is 6.10 Å². The van der Waals surface area contributed by atoms with Gasteiger partial charge in [-0.3, -0.25) is 25.0 Å². The fourth-order valence-corrected chi connectivity index (χ4v) is 2.77. The maximum Gasteiger partial charge on any atom is 0.270 e. The molecular weight excluding hydrogens is 296 g/mol. The third-order valence-electron chi connectivity index (χ3n) is 3.81. The van der Waals surface area contributed by atoms with Gasteiger partial charge in [0.25, 0.3) is 17.5 Å². The number of hydrogen-bond acceptors (Lipinski definition) is 7. The lowest BCUT2D eigenvalue weighted by atomic mass is 9.95. The van der Waals surface area contributed by atoms with Gasteiger partial charge in [0.2, 0.25) is 0 Å². The standard InChI is InChI=1S/C13H12N2O7/c16-4-10-8(17)3-9(22-10)6-1-5(15(20)21)2-7-11(6)13(19)14-12(7)18/h1-2,8-10,16-17H,3-4H2,(H,14,18,19)/t8-,9+,10+/m0/s1. The van der Waals surface area contributed by atoms with Gasteiger partial charge in [0.15, 0.2) is 0 Å². The highest BCUT2D eigenvalue weighted by Gasteiger charge is 2.40. The number of ether oxygens (including phenoxy) is 1. The minimum atomic E-state index is -0.954. The molecule has 3 N–H and O–H groups in total. The molecule has 1 aromatic rings. The van der Waals surface area contributed by atoms with Gasteiger partial charge in [-0.15, -0.1) is 0 Å². The Bertz CT molecular complexity index is 687. The zero-order valence-corrected chi connectivity index (χ0v) is 11.2. The fraction of sp³-hybridized carbons (Fsp3) is 0.385. The van der Waals surface area contributed by atoms with Gasteiger partial charge >= 0.3 is 0 Å². The van der Waals surface area contributed by atoms with Crippen LogP contribution in [-0.4, -0.2) is 45.8 Å². The van der Waals surface area contributed by atoms with Crippen LogP contribution in [0.25, 0.3) is 0 Å². The van der Waals surface area contributed by atoms with Gasteiger partial charge in [0, 0.05) is 24.1 Å². The van der Waals surface area contributed by atoms with Crippen molar-refractivity contribution in [2.45, 2.75) is 24.7 Å². The largest absolute Gasteiger partial charge is 0.394 e. The molecule has 22 heavy (non-hydrogen) atoms. The second-order valence-electron chi connectivity index (χ2n) is 5.15. The van der Waals surface area contributed by atoms with Crippen molar-refractivity contribution in [3.05, 3.63) is 38.9 Å². The highest BCUT2D eigenvalue weighted by Crippen LogP contribution is 2.38. The number of nitro groups is 1. The first kappa shape index (κ1) is 14.6. The molecule has 9 nitrogen and oxygen atoms in total. The summed E-state index contributed by atoms with van der Waals surface area (Å²) in [5.41, 5.74) is -0.238. The van der Waals surface area contributed by atoms with Crippen LogP contribution in [-0.2, 0) is 4.74 Å². The van der Waals surface area contributed by atoms with E-state index in [0.29, 0.717) is 0 Å². The highest BCUT2D eigenvalue weighted by molar-refractivity contribution is 6.22. The van der Waals surface area contributed by atoms with Crippen LogP contribution in [0, 0.1) is 10.1 Å². The number of nitrogens with zero attached hydrogens (tertiary/aromatic N) is 1. The number of amides is 2. The van der Waals surface area contributed by atoms with Gasteiger partial charge in [-0.1, -0.05) is 0 Å². The Hall–Kier alpha value is -2.36. The molecule has 2 amide bonds. The zero-order chi connectivity index (χ0) is 16.0. The van der Waals surface area contributed by atoms with Gasteiger partial charge in [0.05, 0.1) is 34.9 Å². The van der Waals surface area contributed by atoms with Crippen LogP contribution in [0.5, 0.6) is 0 Å². The number of fused-ring (bicyclic) bond motifs is 1. The maximum absolute atomic E-state index is 11.9. The number of non-ortho nitro benzene ring substituents is 1. The minimum absolute atomic E-state index is 0.0198. The molecule has 2 aliphatic heterocycles. The molecule has 9 heteroatoms. The second kappa shape index (κ2) is 5.13. The molecule has 116 valence electrons. The number of benzene rings is 1. The van der Waals surface area contributed by atoms with Gasteiger partial charge in [-0.25, -0.2) is 0 Å². The van der Waals surface area contributed by atoms with Crippen molar-refractivity contribution in [2.24, 2.45) is 0 Å². The van der Waals surface area contributed by atoms with E-state index in [1.54, 1.807) is 0 Å². The SMILES string of the molecule is O=C1NC(=O)c2c1cc([N+](=O)[O-])cc2[C@H]1C[C@H](O)[C@@H](CO)O1. The number of carbonyl (C=O) groups excluding carboxylic acids is 2. The van der Waals surface area contributed by atoms with Crippen LogP contribution in [0.3, 0.4) is 0 Å². The van der Waals surface area contributed by atoms with Crippen molar-refractivity contribution in [1.82, 2.24) is 5.32 Å². The topological polar surface area (TPSA) is 139 Å². The molecule has 0 aromatic heterocycles. The molecule has 1 saturated heterocycles. The molecule has 0 saturated carbocycles. The lowest BCUT2D eigenvalue weighted by molar-refractivity contribution is -0.385. The molecule has 2 heterocycles. The van der Waals surface area contributed by atoms with Crippen molar-refractivity contribution >= 4 is 17.5 Å². The smallest absolute Gasteiger partial charge is 0.270 e. The lowest BCUT2D eigenvalue weighted by Gasteiger charge is -2.14. The van der Waals surface area contributed by atoms with Gasteiger partial charge < -0.3 is 14.9 Å². The number of nitrogens with one attached hydrogen (secondary N) is 1. The Kier molecular flexibility index (Phi) is 3.39. The second-order valence-corrected chi connectivity index (χ2v) is 5.15. The summed E-state index contributed by atoms with van der Waals surface area (Å²) in [4.78, 5) is 33.9. The first-order valence-electron chi connectivity index (χ1n) is 6.54. The van der Waals surface area contributed by atoms with E-state index in [4.69, 9.17) is 9.84 Å². The van der Waals surface area contributed by atoms with Crippen molar-refractivity contribution < 1.29 is 29.5 Å². The molecule has 3 atom stereocenters. The molecule has 0 radical (unpaired) electrons. The number of carbonyl (C=O) groups is 2. The molecule has 1 fully saturated rings. The normalized spacial score (nSPS) is 26.9. The summed E-state index contributed by atoms with van der Waals surface area (Å²) in [7, 11) is 0. The highest BCUT2D eigenvalue weighted by atomic mass is 16.6. The Morgan fingerprint density at radius 1 is 1.36 bits per heavy atom. The average Bonchev–Trinajstić information content (AvgIpc) is 2.99. The van der Waals surface area contributed by atoms with E-state index in [1.165, 1.54) is 0 Å². The third kappa shape index (κ3) is 2.15. The zero-order valence-electron chi connectivity index (χ0n) is 11.2. The molecule has 0 spiro atoms. The Labute approximate surface area is 123 Å². The number of nitro benzene ring substituents is 1. The van der Waals surface area contributed by atoms with E-state index in [0.717, 1.165) is 12.1 Å². The van der Waals surface area contributed by atoms with Crippen LogP contribution in [0.15, 0.2) is 12.1 Å². The number of rotatable bonds is 3. The monoisotopic (exact) mass is 308 g/mol. The van der Waals surface area contributed by atoms with Crippen molar-refractivity contribution in [1.29, 1.82) is 0 Å². The predicted molar refractivity (Wildman–Crippen MR) is 70.2 cm³/mol. The number of imide groups is 1. The summed E-state index contributed by atoms with van der Waals surface area (Å²) in [6.07, 6.45) is -2.53.